The van der Waals surface area contributed by atoms with Crippen LogP contribution >= 0.6 is 11.6 Å². The number of aromatic nitrogens is 2. The zero-order chi connectivity index (χ0) is 15.8. The lowest BCUT2D eigenvalue weighted by Gasteiger charge is -2.25. The van der Waals surface area contributed by atoms with Crippen LogP contribution in [0.25, 0.3) is 11.3 Å². The molecule has 0 aliphatic heterocycles. The van der Waals surface area contributed by atoms with Crippen molar-refractivity contribution in [2.45, 2.75) is 53.0 Å². The second kappa shape index (κ2) is 5.72. The van der Waals surface area contributed by atoms with E-state index >= 15 is 0 Å². The molecule has 0 amide bonds. The van der Waals surface area contributed by atoms with Gasteiger partial charge in [-0.2, -0.15) is 0 Å². The number of nitrogens with zero attached hydrogens (tertiary/aromatic N) is 2. The van der Waals surface area contributed by atoms with Gasteiger partial charge in [-0.15, -0.1) is 0 Å². The van der Waals surface area contributed by atoms with Crippen LogP contribution in [0.2, 0.25) is 5.02 Å². The number of halogens is 1. The number of hydrogen-bond acceptors (Lipinski definition) is 2. The number of anilines is 1. The predicted octanol–water partition coefficient (Wildman–Crippen LogP) is 4.80. The van der Waals surface area contributed by atoms with Gasteiger partial charge in [0.2, 0.25) is 0 Å². The molecule has 0 aliphatic carbocycles. The Labute approximate surface area is 132 Å². The molecule has 0 saturated carbocycles. The maximum absolute atomic E-state index is 6.43. The second-order valence-corrected chi connectivity index (χ2v) is 6.91. The fourth-order valence-corrected chi connectivity index (χ4v) is 2.94. The molecular formula is C17H24ClN3. The summed E-state index contributed by atoms with van der Waals surface area (Å²) in [4.78, 5) is 4.82. The van der Waals surface area contributed by atoms with E-state index in [-0.39, 0.29) is 5.54 Å². The van der Waals surface area contributed by atoms with Crippen molar-refractivity contribution in [2.24, 2.45) is 0 Å². The first-order chi connectivity index (χ1) is 9.75. The van der Waals surface area contributed by atoms with E-state index in [0.717, 1.165) is 46.3 Å². The van der Waals surface area contributed by atoms with Gasteiger partial charge in [0.1, 0.15) is 17.3 Å². The van der Waals surface area contributed by atoms with Crippen LogP contribution in [0.5, 0.6) is 0 Å². The van der Waals surface area contributed by atoms with Crippen LogP contribution in [0.1, 0.15) is 45.5 Å². The Kier molecular flexibility index (Phi) is 4.33. The smallest absolute Gasteiger partial charge is 0.132 e. The van der Waals surface area contributed by atoms with E-state index in [9.17, 15) is 0 Å². The van der Waals surface area contributed by atoms with Gasteiger partial charge in [-0.3, -0.25) is 0 Å². The number of nitrogen functional groups attached to an aromatic ring is 1. The highest BCUT2D eigenvalue weighted by atomic mass is 35.5. The lowest BCUT2D eigenvalue weighted by atomic mass is 10.0. The van der Waals surface area contributed by atoms with Crippen LogP contribution in [0.3, 0.4) is 0 Å². The maximum Gasteiger partial charge on any atom is 0.132 e. The van der Waals surface area contributed by atoms with Crippen LogP contribution in [0.4, 0.5) is 5.82 Å². The van der Waals surface area contributed by atoms with E-state index < -0.39 is 0 Å². The van der Waals surface area contributed by atoms with Crippen LogP contribution in [-0.4, -0.2) is 9.55 Å². The molecule has 0 radical (unpaired) electrons. The molecule has 0 aliphatic rings. The van der Waals surface area contributed by atoms with Gasteiger partial charge in [-0.05, 0) is 51.8 Å². The molecule has 21 heavy (non-hydrogen) atoms. The van der Waals surface area contributed by atoms with E-state index in [0.29, 0.717) is 0 Å². The molecule has 2 rings (SSSR count). The number of hydrogen-bond donors (Lipinski definition) is 1. The van der Waals surface area contributed by atoms with E-state index in [4.69, 9.17) is 22.3 Å². The minimum Gasteiger partial charge on any atom is -0.383 e. The van der Waals surface area contributed by atoms with Crippen LogP contribution in [0, 0.1) is 6.92 Å². The van der Waals surface area contributed by atoms with Gasteiger partial charge in [0, 0.05) is 22.5 Å². The van der Waals surface area contributed by atoms with Gasteiger partial charge in [0.15, 0.2) is 0 Å². The molecule has 2 aromatic rings. The fourth-order valence-electron chi connectivity index (χ4n) is 2.71. The van der Waals surface area contributed by atoms with Gasteiger partial charge in [0.05, 0.1) is 0 Å². The first-order valence-corrected chi connectivity index (χ1v) is 7.77. The molecule has 114 valence electrons. The van der Waals surface area contributed by atoms with Crippen molar-refractivity contribution < 1.29 is 0 Å². The summed E-state index contributed by atoms with van der Waals surface area (Å²) in [5.41, 5.74) is 9.35. The van der Waals surface area contributed by atoms with E-state index in [1.54, 1.807) is 0 Å². The molecule has 0 unspecified atom stereocenters. The Bertz CT molecular complexity index is 651. The topological polar surface area (TPSA) is 43.8 Å². The van der Waals surface area contributed by atoms with Gasteiger partial charge in [0.25, 0.3) is 0 Å². The van der Waals surface area contributed by atoms with Crippen molar-refractivity contribution in [3.63, 3.8) is 0 Å². The number of rotatable bonds is 3. The van der Waals surface area contributed by atoms with Crippen LogP contribution < -0.4 is 5.73 Å². The molecule has 1 aromatic heterocycles. The molecule has 4 heteroatoms. The van der Waals surface area contributed by atoms with Crippen LogP contribution in [0.15, 0.2) is 18.2 Å². The van der Waals surface area contributed by atoms with Gasteiger partial charge >= 0.3 is 0 Å². The third kappa shape index (κ3) is 3.08. The molecule has 3 nitrogen and oxygen atoms in total. The highest BCUT2D eigenvalue weighted by Gasteiger charge is 2.24. The molecule has 1 heterocycles. The molecule has 2 N–H and O–H groups in total. The molecule has 0 fully saturated rings. The van der Waals surface area contributed by atoms with Crippen molar-refractivity contribution in [1.29, 1.82) is 0 Å². The Balaban J connectivity index is 2.65. The van der Waals surface area contributed by atoms with Crippen molar-refractivity contribution >= 4 is 17.4 Å². The van der Waals surface area contributed by atoms with E-state index in [2.05, 4.69) is 32.3 Å². The number of imidazole rings is 1. The Morgan fingerprint density at radius 1 is 1.29 bits per heavy atom. The minimum atomic E-state index is -0.0832. The summed E-state index contributed by atoms with van der Waals surface area (Å²) in [6.45, 7) is 10.7. The zero-order valence-corrected chi connectivity index (χ0v) is 14.3. The highest BCUT2D eigenvalue weighted by Crippen LogP contribution is 2.34. The standard InChI is InChI=1S/C17H24ClN3/c1-6-7-14-20-15(16(19)21(14)17(3,4)5)13-9-8-12(18)10-11(13)2/h8-10H,6-7,19H2,1-5H3. The molecule has 1 aromatic carbocycles. The Morgan fingerprint density at radius 3 is 2.48 bits per heavy atom. The Morgan fingerprint density at radius 2 is 1.95 bits per heavy atom. The quantitative estimate of drug-likeness (QED) is 0.885. The van der Waals surface area contributed by atoms with Gasteiger partial charge in [-0.25, -0.2) is 4.98 Å². The summed E-state index contributed by atoms with van der Waals surface area (Å²) < 4.78 is 2.15. The average molecular weight is 306 g/mol. The second-order valence-electron chi connectivity index (χ2n) is 6.48. The summed E-state index contributed by atoms with van der Waals surface area (Å²) in [6.07, 6.45) is 1.97. The lowest BCUT2D eigenvalue weighted by molar-refractivity contribution is 0.387. The predicted molar refractivity (Wildman–Crippen MR) is 90.8 cm³/mol. The molecule has 0 atom stereocenters. The number of benzene rings is 1. The number of aryl methyl sites for hydroxylation is 2. The van der Waals surface area contributed by atoms with Crippen molar-refractivity contribution in [2.75, 3.05) is 5.73 Å². The zero-order valence-electron chi connectivity index (χ0n) is 13.5. The average Bonchev–Trinajstić information content (AvgIpc) is 2.66. The fraction of sp³-hybridized carbons (Fsp3) is 0.471. The van der Waals surface area contributed by atoms with Crippen LogP contribution in [-0.2, 0) is 12.0 Å². The molecular weight excluding hydrogens is 282 g/mol. The largest absolute Gasteiger partial charge is 0.383 e. The minimum absolute atomic E-state index is 0.0832. The van der Waals surface area contributed by atoms with Crippen molar-refractivity contribution in [3.8, 4) is 11.3 Å². The summed E-state index contributed by atoms with van der Waals surface area (Å²) in [7, 11) is 0. The van der Waals surface area contributed by atoms with Crippen molar-refractivity contribution in [1.82, 2.24) is 9.55 Å². The monoisotopic (exact) mass is 305 g/mol. The third-order valence-corrected chi connectivity index (χ3v) is 3.81. The normalized spacial score (nSPS) is 11.9. The first kappa shape index (κ1) is 15.9. The first-order valence-electron chi connectivity index (χ1n) is 7.39. The molecule has 0 spiro atoms. The van der Waals surface area contributed by atoms with Gasteiger partial charge < -0.3 is 10.3 Å². The molecule has 0 bridgehead atoms. The van der Waals surface area contributed by atoms with E-state index in [1.165, 1.54) is 0 Å². The third-order valence-electron chi connectivity index (χ3n) is 3.57. The summed E-state index contributed by atoms with van der Waals surface area (Å²) in [6, 6.07) is 5.84. The van der Waals surface area contributed by atoms with E-state index in [1.807, 2.05) is 25.1 Å². The maximum atomic E-state index is 6.43. The SMILES string of the molecule is CCCc1nc(-c2ccc(Cl)cc2C)c(N)n1C(C)(C)C. The lowest BCUT2D eigenvalue weighted by Crippen LogP contribution is -2.25. The highest BCUT2D eigenvalue weighted by molar-refractivity contribution is 6.30. The van der Waals surface area contributed by atoms with Gasteiger partial charge in [-0.1, -0.05) is 24.6 Å². The summed E-state index contributed by atoms with van der Waals surface area (Å²) >= 11 is 6.05. The Hall–Kier alpha value is -1.48. The number of nitrogens with two attached hydrogens (primary N) is 1. The summed E-state index contributed by atoms with van der Waals surface area (Å²) in [5.74, 6) is 1.78. The van der Waals surface area contributed by atoms with Crippen molar-refractivity contribution in [3.05, 3.63) is 34.6 Å². The summed E-state index contributed by atoms with van der Waals surface area (Å²) in [5, 5.41) is 0.735. The molecule has 0 saturated heterocycles.